The van der Waals surface area contributed by atoms with Crippen molar-refractivity contribution < 1.29 is 9.52 Å². The summed E-state index contributed by atoms with van der Waals surface area (Å²) in [4.78, 5) is 11.3. The summed E-state index contributed by atoms with van der Waals surface area (Å²) in [6.45, 7) is 7.04. The van der Waals surface area contributed by atoms with Gasteiger partial charge in [0.25, 0.3) is 0 Å². The van der Waals surface area contributed by atoms with Gasteiger partial charge in [0.1, 0.15) is 6.26 Å². The fraction of sp³-hybridized carbons (Fsp3) is 0.474. The number of hydrogen-bond acceptors (Lipinski definition) is 4. The number of nitrogens with one attached hydrogen (secondary N) is 1. The molecule has 1 saturated heterocycles. The molecule has 0 amide bonds. The molecule has 142 valence electrons. The van der Waals surface area contributed by atoms with Gasteiger partial charge >= 0.3 is 0 Å². The number of aliphatic hydroxyl groups is 1. The smallest absolute Gasteiger partial charge is 0.226 e. The highest BCUT2D eigenvalue weighted by atomic mass is 127. The molecule has 1 aliphatic heterocycles. The minimum absolute atomic E-state index is 0. The van der Waals surface area contributed by atoms with Crippen LogP contribution in [0.3, 0.4) is 0 Å². The van der Waals surface area contributed by atoms with Gasteiger partial charge in [0.05, 0.1) is 11.8 Å². The number of aryl methyl sites for hydroxylation is 1. The molecule has 1 fully saturated rings. The average Bonchev–Trinajstić information content (AvgIpc) is 3.24. The summed E-state index contributed by atoms with van der Waals surface area (Å²) in [5, 5.41) is 13.0. The van der Waals surface area contributed by atoms with Gasteiger partial charge in [-0.15, -0.1) is 24.0 Å². The van der Waals surface area contributed by atoms with E-state index in [-0.39, 0.29) is 30.1 Å². The van der Waals surface area contributed by atoms with Crippen LogP contribution in [0.1, 0.15) is 24.6 Å². The van der Waals surface area contributed by atoms with Crippen LogP contribution in [0, 0.1) is 6.92 Å². The lowest BCUT2D eigenvalue weighted by Gasteiger charge is -2.20. The maximum absolute atomic E-state index is 9.70. The number of hydrogen-bond donors (Lipinski definition) is 2. The first kappa shape index (κ1) is 20.7. The maximum atomic E-state index is 9.70. The van der Waals surface area contributed by atoms with E-state index in [9.17, 15) is 5.11 Å². The second-order valence-electron chi connectivity index (χ2n) is 6.38. The highest BCUT2D eigenvalue weighted by Crippen LogP contribution is 2.19. The fourth-order valence-corrected chi connectivity index (χ4v) is 2.89. The van der Waals surface area contributed by atoms with Crippen LogP contribution in [0.15, 0.2) is 39.9 Å². The Balaban J connectivity index is 0.00000243. The molecule has 6 nitrogen and oxygen atoms in total. The number of β-amino-alcohol motifs (C(OH)–C–C–N with tert-alkyl or cyclic N) is 1. The number of aliphatic hydroxyl groups excluding tert-OH is 1. The lowest BCUT2D eigenvalue weighted by Crippen LogP contribution is -2.40. The Kier molecular flexibility index (Phi) is 7.89. The molecule has 0 unspecified atom stereocenters. The standard InChI is InChI=1S/C19H26N4O2.HI/c1-3-20-19(23-11-9-17(24)12-23)21-10-8-16-13-25-18(22-16)15-6-4-14(2)5-7-15;/h4-7,13,17,24H,3,8-12H2,1-2H3,(H,20,21);1H/t17-;/m1./s1. The maximum Gasteiger partial charge on any atom is 0.226 e. The summed E-state index contributed by atoms with van der Waals surface area (Å²) in [7, 11) is 0. The zero-order valence-corrected chi connectivity index (χ0v) is 17.6. The molecule has 0 bridgehead atoms. The number of likely N-dealkylation sites (tertiary alicyclic amines) is 1. The van der Waals surface area contributed by atoms with E-state index in [1.807, 2.05) is 19.1 Å². The van der Waals surface area contributed by atoms with Gasteiger partial charge in [-0.25, -0.2) is 4.98 Å². The van der Waals surface area contributed by atoms with Crippen LogP contribution in [-0.4, -0.2) is 53.2 Å². The van der Waals surface area contributed by atoms with E-state index in [2.05, 4.69) is 39.2 Å². The summed E-state index contributed by atoms with van der Waals surface area (Å²) in [5.41, 5.74) is 3.10. The molecule has 0 aliphatic carbocycles. The van der Waals surface area contributed by atoms with Crippen LogP contribution < -0.4 is 5.32 Å². The summed E-state index contributed by atoms with van der Waals surface area (Å²) in [5.74, 6) is 1.51. The molecule has 3 rings (SSSR count). The van der Waals surface area contributed by atoms with E-state index >= 15 is 0 Å². The van der Waals surface area contributed by atoms with E-state index in [0.29, 0.717) is 19.0 Å². The van der Waals surface area contributed by atoms with Crippen LogP contribution in [0.25, 0.3) is 11.5 Å². The molecule has 0 spiro atoms. The largest absolute Gasteiger partial charge is 0.444 e. The third kappa shape index (κ3) is 5.44. The van der Waals surface area contributed by atoms with Crippen LogP contribution in [0.4, 0.5) is 0 Å². The minimum atomic E-state index is -0.253. The van der Waals surface area contributed by atoms with Crippen molar-refractivity contribution in [1.82, 2.24) is 15.2 Å². The highest BCUT2D eigenvalue weighted by molar-refractivity contribution is 14.0. The quantitative estimate of drug-likeness (QED) is 0.400. The average molecular weight is 470 g/mol. The highest BCUT2D eigenvalue weighted by Gasteiger charge is 2.22. The third-order valence-electron chi connectivity index (χ3n) is 4.28. The van der Waals surface area contributed by atoms with Crippen LogP contribution in [0.2, 0.25) is 0 Å². The number of benzene rings is 1. The van der Waals surface area contributed by atoms with Crippen molar-refractivity contribution in [2.24, 2.45) is 4.99 Å². The van der Waals surface area contributed by atoms with Gasteiger partial charge in [0.15, 0.2) is 5.96 Å². The number of nitrogens with zero attached hydrogens (tertiary/aromatic N) is 3. The summed E-state index contributed by atoms with van der Waals surface area (Å²) < 4.78 is 5.59. The first-order valence-corrected chi connectivity index (χ1v) is 8.88. The summed E-state index contributed by atoms with van der Waals surface area (Å²) in [6, 6.07) is 8.14. The molecular formula is C19H27IN4O2. The monoisotopic (exact) mass is 470 g/mol. The molecule has 1 aromatic heterocycles. The SMILES string of the molecule is CCNC(=NCCc1coc(-c2ccc(C)cc2)n1)N1CC[C@@H](O)C1.I. The van der Waals surface area contributed by atoms with Gasteiger partial charge in [-0.1, -0.05) is 17.7 Å². The number of oxazole rings is 1. The van der Waals surface area contributed by atoms with Crippen molar-refractivity contribution in [2.45, 2.75) is 32.8 Å². The molecular weight excluding hydrogens is 443 g/mol. The lowest BCUT2D eigenvalue weighted by molar-refractivity contribution is 0.188. The number of rotatable bonds is 5. The number of guanidine groups is 1. The van der Waals surface area contributed by atoms with Crippen molar-refractivity contribution in [3.63, 3.8) is 0 Å². The van der Waals surface area contributed by atoms with E-state index < -0.39 is 0 Å². The van der Waals surface area contributed by atoms with Gasteiger partial charge in [-0.05, 0) is 32.4 Å². The molecule has 2 aromatic rings. The van der Waals surface area contributed by atoms with Crippen molar-refractivity contribution in [1.29, 1.82) is 0 Å². The third-order valence-corrected chi connectivity index (χ3v) is 4.28. The number of halogens is 1. The fourth-order valence-electron chi connectivity index (χ4n) is 2.89. The minimum Gasteiger partial charge on any atom is -0.444 e. The predicted octanol–water partition coefficient (Wildman–Crippen LogP) is 2.84. The van der Waals surface area contributed by atoms with Crippen molar-refractivity contribution >= 4 is 29.9 Å². The van der Waals surface area contributed by atoms with Gasteiger partial charge in [-0.3, -0.25) is 4.99 Å². The first-order chi connectivity index (χ1) is 12.2. The zero-order valence-electron chi connectivity index (χ0n) is 15.3. The molecule has 0 saturated carbocycles. The van der Waals surface area contributed by atoms with Gasteiger partial charge in [-0.2, -0.15) is 0 Å². The molecule has 1 atom stereocenters. The predicted molar refractivity (Wildman–Crippen MR) is 114 cm³/mol. The normalized spacial score (nSPS) is 17.3. The second kappa shape index (κ2) is 9.91. The lowest BCUT2D eigenvalue weighted by atomic mass is 10.1. The zero-order chi connectivity index (χ0) is 17.6. The van der Waals surface area contributed by atoms with E-state index in [4.69, 9.17) is 4.42 Å². The van der Waals surface area contributed by atoms with Gasteiger partial charge in [0.2, 0.25) is 5.89 Å². The van der Waals surface area contributed by atoms with E-state index in [0.717, 1.165) is 43.1 Å². The molecule has 26 heavy (non-hydrogen) atoms. The Morgan fingerprint density at radius 2 is 2.15 bits per heavy atom. The summed E-state index contributed by atoms with van der Waals surface area (Å²) in [6.07, 6.45) is 2.97. The van der Waals surface area contributed by atoms with E-state index in [1.54, 1.807) is 6.26 Å². The Morgan fingerprint density at radius 3 is 2.81 bits per heavy atom. The molecule has 1 aromatic carbocycles. The molecule has 2 heterocycles. The Bertz CT molecular complexity index is 715. The van der Waals surface area contributed by atoms with E-state index in [1.165, 1.54) is 5.56 Å². The van der Waals surface area contributed by atoms with Crippen molar-refractivity contribution in [3.8, 4) is 11.5 Å². The van der Waals surface area contributed by atoms with Crippen LogP contribution in [-0.2, 0) is 6.42 Å². The van der Waals surface area contributed by atoms with Crippen LogP contribution in [0.5, 0.6) is 0 Å². The van der Waals surface area contributed by atoms with Crippen LogP contribution >= 0.6 is 24.0 Å². The topological polar surface area (TPSA) is 73.9 Å². The number of aromatic nitrogens is 1. The second-order valence-corrected chi connectivity index (χ2v) is 6.38. The van der Waals surface area contributed by atoms with Gasteiger partial charge in [0, 0.05) is 38.2 Å². The first-order valence-electron chi connectivity index (χ1n) is 8.88. The molecule has 2 N–H and O–H groups in total. The Labute approximate surface area is 171 Å². The van der Waals surface area contributed by atoms with Gasteiger partial charge < -0.3 is 19.7 Å². The number of aliphatic imine (C=N–C) groups is 1. The Morgan fingerprint density at radius 1 is 1.38 bits per heavy atom. The molecule has 1 aliphatic rings. The molecule has 0 radical (unpaired) electrons. The van der Waals surface area contributed by atoms with Crippen molar-refractivity contribution in [3.05, 3.63) is 41.8 Å². The Hall–Kier alpha value is -1.61. The summed E-state index contributed by atoms with van der Waals surface area (Å²) >= 11 is 0. The van der Waals surface area contributed by atoms with Crippen molar-refractivity contribution in [2.75, 3.05) is 26.2 Å². The molecule has 7 heteroatoms.